The predicted molar refractivity (Wildman–Crippen MR) is 80.4 cm³/mol. The molecule has 2 atom stereocenters. The van der Waals surface area contributed by atoms with Gasteiger partial charge in [0.1, 0.15) is 0 Å². The second-order valence-electron chi connectivity index (χ2n) is 6.48. The predicted octanol–water partition coefficient (Wildman–Crippen LogP) is 2.13. The minimum absolute atomic E-state index is 0.0284. The summed E-state index contributed by atoms with van der Waals surface area (Å²) in [6.07, 6.45) is 4.94. The monoisotopic (exact) mass is 272 g/mol. The van der Waals surface area contributed by atoms with Crippen LogP contribution in [0.5, 0.6) is 0 Å². The molecule has 0 bridgehead atoms. The molecule has 1 fully saturated rings. The third-order valence-corrected chi connectivity index (χ3v) is 5.23. The molecule has 2 unspecified atom stereocenters. The summed E-state index contributed by atoms with van der Waals surface area (Å²) in [5.41, 5.74) is 8.64. The van der Waals surface area contributed by atoms with E-state index in [1.807, 2.05) is 4.90 Å². The summed E-state index contributed by atoms with van der Waals surface area (Å²) in [5.74, 6) is 0.273. The SMILES string of the molecule is CC1(C(=O)N2CCc3ccccc3CC2)CCCC1N. The van der Waals surface area contributed by atoms with Gasteiger partial charge in [-0.1, -0.05) is 30.7 Å². The van der Waals surface area contributed by atoms with Crippen LogP contribution in [0, 0.1) is 5.41 Å². The van der Waals surface area contributed by atoms with Crippen LogP contribution in [0.4, 0.5) is 0 Å². The molecule has 1 aromatic rings. The van der Waals surface area contributed by atoms with Crippen molar-refractivity contribution in [3.8, 4) is 0 Å². The van der Waals surface area contributed by atoms with E-state index < -0.39 is 0 Å². The first kappa shape index (κ1) is 13.6. The molecule has 2 aliphatic rings. The van der Waals surface area contributed by atoms with Crippen LogP contribution < -0.4 is 5.73 Å². The van der Waals surface area contributed by atoms with Crippen molar-refractivity contribution in [3.63, 3.8) is 0 Å². The lowest BCUT2D eigenvalue weighted by Crippen LogP contribution is -2.49. The fraction of sp³-hybridized carbons (Fsp3) is 0.588. The van der Waals surface area contributed by atoms with Crippen molar-refractivity contribution < 1.29 is 4.79 Å². The highest BCUT2D eigenvalue weighted by Crippen LogP contribution is 2.38. The molecule has 0 radical (unpaired) electrons. The molecule has 20 heavy (non-hydrogen) atoms. The maximum atomic E-state index is 12.9. The van der Waals surface area contributed by atoms with E-state index in [1.165, 1.54) is 11.1 Å². The van der Waals surface area contributed by atoms with E-state index in [-0.39, 0.29) is 17.4 Å². The molecule has 3 rings (SSSR count). The van der Waals surface area contributed by atoms with Gasteiger partial charge in [0, 0.05) is 19.1 Å². The minimum atomic E-state index is -0.337. The van der Waals surface area contributed by atoms with Crippen molar-refractivity contribution >= 4 is 5.91 Å². The molecule has 1 saturated carbocycles. The number of nitrogens with two attached hydrogens (primary N) is 1. The van der Waals surface area contributed by atoms with Crippen LogP contribution in [-0.2, 0) is 17.6 Å². The number of fused-ring (bicyclic) bond motifs is 1. The second kappa shape index (κ2) is 5.21. The number of amides is 1. The first-order valence-electron chi connectivity index (χ1n) is 7.73. The number of carbonyl (C=O) groups is 1. The number of carbonyl (C=O) groups excluding carboxylic acids is 1. The molecule has 0 aromatic heterocycles. The maximum absolute atomic E-state index is 12.9. The topological polar surface area (TPSA) is 46.3 Å². The van der Waals surface area contributed by atoms with Crippen LogP contribution >= 0.6 is 0 Å². The van der Waals surface area contributed by atoms with E-state index in [2.05, 4.69) is 31.2 Å². The Kier molecular flexibility index (Phi) is 3.55. The summed E-state index contributed by atoms with van der Waals surface area (Å²) in [7, 11) is 0. The van der Waals surface area contributed by atoms with Crippen LogP contribution in [0.3, 0.4) is 0 Å². The van der Waals surface area contributed by atoms with Crippen molar-refractivity contribution in [2.45, 2.75) is 45.1 Å². The maximum Gasteiger partial charge on any atom is 0.230 e. The lowest BCUT2D eigenvalue weighted by atomic mass is 9.83. The van der Waals surface area contributed by atoms with Gasteiger partial charge in [0.15, 0.2) is 0 Å². The van der Waals surface area contributed by atoms with Crippen LogP contribution in [0.25, 0.3) is 0 Å². The fourth-order valence-electron chi connectivity index (χ4n) is 3.69. The van der Waals surface area contributed by atoms with Gasteiger partial charge < -0.3 is 10.6 Å². The largest absolute Gasteiger partial charge is 0.342 e. The number of benzene rings is 1. The molecule has 1 heterocycles. The van der Waals surface area contributed by atoms with Gasteiger partial charge in [-0.15, -0.1) is 0 Å². The summed E-state index contributed by atoms with van der Waals surface area (Å²) < 4.78 is 0. The van der Waals surface area contributed by atoms with Gasteiger partial charge in [-0.3, -0.25) is 4.79 Å². The fourth-order valence-corrected chi connectivity index (χ4v) is 3.69. The third-order valence-electron chi connectivity index (χ3n) is 5.23. The van der Waals surface area contributed by atoms with Crippen molar-refractivity contribution in [1.29, 1.82) is 0 Å². The summed E-state index contributed by atoms with van der Waals surface area (Å²) in [6.45, 7) is 3.72. The van der Waals surface area contributed by atoms with Gasteiger partial charge in [0.25, 0.3) is 0 Å². The van der Waals surface area contributed by atoms with Gasteiger partial charge in [0.05, 0.1) is 5.41 Å². The Morgan fingerprint density at radius 3 is 2.35 bits per heavy atom. The van der Waals surface area contributed by atoms with Crippen molar-refractivity contribution in [1.82, 2.24) is 4.90 Å². The molecule has 1 aliphatic heterocycles. The molecule has 1 aromatic carbocycles. The first-order chi connectivity index (χ1) is 9.61. The lowest BCUT2D eigenvalue weighted by molar-refractivity contribution is -0.141. The van der Waals surface area contributed by atoms with Crippen molar-refractivity contribution in [3.05, 3.63) is 35.4 Å². The highest BCUT2D eigenvalue weighted by molar-refractivity contribution is 5.83. The lowest BCUT2D eigenvalue weighted by Gasteiger charge is -2.34. The molecular formula is C17H24N2O. The zero-order valence-corrected chi connectivity index (χ0v) is 12.3. The summed E-state index contributed by atoms with van der Waals surface area (Å²) >= 11 is 0. The zero-order chi connectivity index (χ0) is 14.2. The van der Waals surface area contributed by atoms with Crippen LogP contribution in [0.15, 0.2) is 24.3 Å². The molecule has 1 amide bonds. The van der Waals surface area contributed by atoms with E-state index in [0.717, 1.165) is 45.2 Å². The standard InChI is InChI=1S/C17H24N2O/c1-17(10-4-7-15(17)18)16(20)19-11-8-13-5-2-3-6-14(13)9-12-19/h2-3,5-6,15H,4,7-12,18H2,1H3. The normalized spacial score (nSPS) is 29.9. The molecule has 3 heteroatoms. The van der Waals surface area contributed by atoms with Gasteiger partial charge in [-0.2, -0.15) is 0 Å². The molecule has 108 valence electrons. The number of rotatable bonds is 1. The average Bonchev–Trinajstić information content (AvgIpc) is 2.69. The molecule has 0 saturated heterocycles. The number of nitrogens with zero attached hydrogens (tertiary/aromatic N) is 1. The molecular weight excluding hydrogens is 248 g/mol. The minimum Gasteiger partial charge on any atom is -0.342 e. The van der Waals surface area contributed by atoms with E-state index in [1.54, 1.807) is 0 Å². The quantitative estimate of drug-likeness (QED) is 0.851. The third kappa shape index (κ3) is 2.24. The Bertz CT molecular complexity index is 486. The van der Waals surface area contributed by atoms with Gasteiger partial charge in [-0.05, 0) is 43.7 Å². The van der Waals surface area contributed by atoms with E-state index in [4.69, 9.17) is 5.73 Å². The smallest absolute Gasteiger partial charge is 0.230 e. The van der Waals surface area contributed by atoms with E-state index in [9.17, 15) is 4.79 Å². The van der Waals surface area contributed by atoms with Crippen LogP contribution in [0.1, 0.15) is 37.3 Å². The Balaban J connectivity index is 1.75. The molecule has 0 spiro atoms. The Morgan fingerprint density at radius 1 is 1.25 bits per heavy atom. The van der Waals surface area contributed by atoms with Gasteiger partial charge in [-0.25, -0.2) is 0 Å². The summed E-state index contributed by atoms with van der Waals surface area (Å²) in [4.78, 5) is 14.9. The van der Waals surface area contributed by atoms with Crippen molar-refractivity contribution in [2.24, 2.45) is 11.1 Å². The van der Waals surface area contributed by atoms with E-state index >= 15 is 0 Å². The highest BCUT2D eigenvalue weighted by Gasteiger charge is 2.45. The Morgan fingerprint density at radius 2 is 1.85 bits per heavy atom. The van der Waals surface area contributed by atoms with Crippen LogP contribution in [0.2, 0.25) is 0 Å². The number of hydrogen-bond acceptors (Lipinski definition) is 2. The molecule has 3 nitrogen and oxygen atoms in total. The Labute approximate surface area is 121 Å². The Hall–Kier alpha value is -1.35. The van der Waals surface area contributed by atoms with Crippen molar-refractivity contribution in [2.75, 3.05) is 13.1 Å². The molecule has 2 N–H and O–H groups in total. The van der Waals surface area contributed by atoms with Crippen LogP contribution in [-0.4, -0.2) is 29.9 Å². The second-order valence-corrected chi connectivity index (χ2v) is 6.48. The number of hydrogen-bond donors (Lipinski definition) is 1. The average molecular weight is 272 g/mol. The highest BCUT2D eigenvalue weighted by atomic mass is 16.2. The van der Waals surface area contributed by atoms with Gasteiger partial charge >= 0.3 is 0 Å². The first-order valence-corrected chi connectivity index (χ1v) is 7.73. The van der Waals surface area contributed by atoms with Gasteiger partial charge in [0.2, 0.25) is 5.91 Å². The van der Waals surface area contributed by atoms with E-state index in [0.29, 0.717) is 0 Å². The summed E-state index contributed by atoms with van der Waals surface area (Å²) in [5, 5.41) is 0. The zero-order valence-electron chi connectivity index (χ0n) is 12.3. The summed E-state index contributed by atoms with van der Waals surface area (Å²) in [6, 6.07) is 8.58. The molecule has 1 aliphatic carbocycles.